The summed E-state index contributed by atoms with van der Waals surface area (Å²) < 4.78 is 10.6. The lowest BCUT2D eigenvalue weighted by atomic mass is 10.2. The zero-order valence-corrected chi connectivity index (χ0v) is 12.6. The van der Waals surface area contributed by atoms with Gasteiger partial charge in [0, 0.05) is 45.7 Å². The summed E-state index contributed by atoms with van der Waals surface area (Å²) in [6, 6.07) is 1.66. The summed E-state index contributed by atoms with van der Waals surface area (Å²) in [5.41, 5.74) is 0. The van der Waals surface area contributed by atoms with E-state index in [9.17, 15) is 4.79 Å². The Morgan fingerprint density at radius 1 is 1.27 bits per heavy atom. The first-order valence-electron chi connectivity index (χ1n) is 7.46. The molecule has 3 rings (SSSR count). The monoisotopic (exact) mass is 307 g/mol. The van der Waals surface area contributed by atoms with Crippen molar-refractivity contribution in [3.63, 3.8) is 0 Å². The number of urea groups is 1. The van der Waals surface area contributed by atoms with E-state index in [0.717, 1.165) is 13.1 Å². The smallest absolute Gasteiger partial charge is 0.317 e. The number of hydrogen-bond donors (Lipinski definition) is 1. The molecule has 0 saturated carbocycles. The van der Waals surface area contributed by atoms with Gasteiger partial charge in [0.05, 0.1) is 19.3 Å². The maximum absolute atomic E-state index is 12.3. The van der Waals surface area contributed by atoms with E-state index in [-0.39, 0.29) is 18.2 Å². The number of hydrogen-bond acceptors (Lipinski definition) is 6. The van der Waals surface area contributed by atoms with Crippen molar-refractivity contribution in [2.45, 2.75) is 12.1 Å². The van der Waals surface area contributed by atoms with Crippen LogP contribution in [-0.2, 0) is 9.47 Å². The zero-order valence-electron chi connectivity index (χ0n) is 12.6. The third kappa shape index (κ3) is 3.28. The van der Waals surface area contributed by atoms with Gasteiger partial charge in [-0.25, -0.2) is 14.8 Å². The molecule has 2 aliphatic heterocycles. The molecule has 8 nitrogen and oxygen atoms in total. The van der Waals surface area contributed by atoms with Crippen molar-refractivity contribution in [1.82, 2.24) is 20.2 Å². The first-order chi connectivity index (χ1) is 10.8. The molecule has 2 amide bonds. The average Bonchev–Trinajstić information content (AvgIpc) is 3.03. The molecule has 0 spiro atoms. The number of nitrogens with one attached hydrogen (secondary N) is 1. The van der Waals surface area contributed by atoms with E-state index in [0.29, 0.717) is 32.3 Å². The largest absolute Gasteiger partial charge is 0.377 e. The first-order valence-corrected chi connectivity index (χ1v) is 7.46. The molecule has 0 unspecified atom stereocenters. The number of amides is 2. The number of rotatable bonds is 3. The predicted octanol–water partition coefficient (Wildman–Crippen LogP) is -0.278. The molecule has 3 heterocycles. The van der Waals surface area contributed by atoms with Crippen LogP contribution < -0.4 is 10.2 Å². The minimum atomic E-state index is -0.0759. The van der Waals surface area contributed by atoms with E-state index >= 15 is 0 Å². The Labute approximate surface area is 129 Å². The molecule has 0 bridgehead atoms. The molecular weight excluding hydrogens is 286 g/mol. The second-order valence-electron chi connectivity index (χ2n) is 5.39. The number of aromatic nitrogens is 2. The Hall–Kier alpha value is -1.93. The van der Waals surface area contributed by atoms with Crippen molar-refractivity contribution < 1.29 is 14.3 Å². The fourth-order valence-electron chi connectivity index (χ4n) is 2.72. The number of methoxy groups -OCH3 is 1. The van der Waals surface area contributed by atoms with Crippen LogP contribution in [0.1, 0.15) is 0 Å². The van der Waals surface area contributed by atoms with Gasteiger partial charge in [0.2, 0.25) is 5.95 Å². The lowest BCUT2D eigenvalue weighted by Crippen LogP contribution is -2.55. The number of nitrogens with zero attached hydrogens (tertiary/aromatic N) is 4. The van der Waals surface area contributed by atoms with E-state index in [2.05, 4.69) is 20.2 Å². The quantitative estimate of drug-likeness (QED) is 0.827. The SMILES string of the molecule is CO[C@H]1COC[C@@H]1NC(=O)N1CCN(c2ncccn2)CC1. The van der Waals surface area contributed by atoms with Crippen molar-refractivity contribution in [3.8, 4) is 0 Å². The number of anilines is 1. The average molecular weight is 307 g/mol. The maximum Gasteiger partial charge on any atom is 0.317 e. The highest BCUT2D eigenvalue weighted by Gasteiger charge is 2.31. The highest BCUT2D eigenvalue weighted by atomic mass is 16.5. The second kappa shape index (κ2) is 6.89. The van der Waals surface area contributed by atoms with Gasteiger partial charge >= 0.3 is 6.03 Å². The van der Waals surface area contributed by atoms with Gasteiger partial charge in [-0.05, 0) is 6.07 Å². The number of carbonyl (C=O) groups is 1. The third-order valence-corrected chi connectivity index (χ3v) is 4.04. The predicted molar refractivity (Wildman–Crippen MR) is 79.8 cm³/mol. The van der Waals surface area contributed by atoms with Crippen LogP contribution in [0.4, 0.5) is 10.7 Å². The molecule has 0 aromatic carbocycles. The summed E-state index contributed by atoms with van der Waals surface area (Å²) in [4.78, 5) is 24.7. The number of ether oxygens (including phenoxy) is 2. The summed E-state index contributed by atoms with van der Waals surface area (Å²) >= 11 is 0. The van der Waals surface area contributed by atoms with Crippen LogP contribution in [0.2, 0.25) is 0 Å². The molecule has 1 aromatic heterocycles. The van der Waals surface area contributed by atoms with Crippen LogP contribution in [0.15, 0.2) is 18.5 Å². The van der Waals surface area contributed by atoms with Gasteiger partial charge in [-0.1, -0.05) is 0 Å². The first kappa shape index (κ1) is 15.0. The van der Waals surface area contributed by atoms with E-state index in [4.69, 9.17) is 9.47 Å². The Kier molecular flexibility index (Phi) is 4.69. The van der Waals surface area contributed by atoms with Gasteiger partial charge in [0.15, 0.2) is 0 Å². The van der Waals surface area contributed by atoms with E-state index < -0.39 is 0 Å². The normalized spacial score (nSPS) is 25.3. The van der Waals surface area contributed by atoms with Gasteiger partial charge in [-0.3, -0.25) is 0 Å². The molecule has 2 fully saturated rings. The van der Waals surface area contributed by atoms with Gasteiger partial charge in [-0.15, -0.1) is 0 Å². The summed E-state index contributed by atoms with van der Waals surface area (Å²) in [7, 11) is 1.64. The number of carbonyl (C=O) groups excluding carboxylic acids is 1. The molecule has 120 valence electrons. The molecule has 8 heteroatoms. The third-order valence-electron chi connectivity index (χ3n) is 4.04. The van der Waals surface area contributed by atoms with E-state index in [1.54, 1.807) is 25.6 Å². The molecule has 2 atom stereocenters. The van der Waals surface area contributed by atoms with Crippen LogP contribution in [0, 0.1) is 0 Å². The van der Waals surface area contributed by atoms with Crippen molar-refractivity contribution in [1.29, 1.82) is 0 Å². The minimum Gasteiger partial charge on any atom is -0.377 e. The molecule has 2 saturated heterocycles. The Bertz CT molecular complexity index is 493. The van der Waals surface area contributed by atoms with E-state index in [1.807, 2.05) is 4.90 Å². The fraction of sp³-hybridized carbons (Fsp3) is 0.643. The van der Waals surface area contributed by atoms with Crippen molar-refractivity contribution in [2.75, 3.05) is 51.4 Å². The number of piperazine rings is 1. The Morgan fingerprint density at radius 2 is 2.00 bits per heavy atom. The van der Waals surface area contributed by atoms with Gasteiger partial charge in [-0.2, -0.15) is 0 Å². The molecule has 0 aliphatic carbocycles. The fourth-order valence-corrected chi connectivity index (χ4v) is 2.72. The highest BCUT2D eigenvalue weighted by Crippen LogP contribution is 2.12. The zero-order chi connectivity index (χ0) is 15.4. The van der Waals surface area contributed by atoms with E-state index in [1.165, 1.54) is 0 Å². The summed E-state index contributed by atoms with van der Waals surface area (Å²) in [5.74, 6) is 0.714. The minimum absolute atomic E-state index is 0.0637. The summed E-state index contributed by atoms with van der Waals surface area (Å²) in [6.07, 6.45) is 3.39. The summed E-state index contributed by atoms with van der Waals surface area (Å²) in [5, 5.41) is 2.99. The molecule has 0 radical (unpaired) electrons. The van der Waals surface area contributed by atoms with Crippen LogP contribution in [0.5, 0.6) is 0 Å². The van der Waals surface area contributed by atoms with Crippen molar-refractivity contribution in [2.24, 2.45) is 0 Å². The Morgan fingerprint density at radius 3 is 2.68 bits per heavy atom. The topological polar surface area (TPSA) is 79.8 Å². The van der Waals surface area contributed by atoms with Crippen molar-refractivity contribution in [3.05, 3.63) is 18.5 Å². The maximum atomic E-state index is 12.3. The lowest BCUT2D eigenvalue weighted by molar-refractivity contribution is 0.0734. The van der Waals surface area contributed by atoms with Gasteiger partial charge in [0.25, 0.3) is 0 Å². The van der Waals surface area contributed by atoms with Crippen molar-refractivity contribution >= 4 is 12.0 Å². The summed E-state index contributed by atoms with van der Waals surface area (Å²) in [6.45, 7) is 3.78. The van der Waals surface area contributed by atoms with Gasteiger partial charge < -0.3 is 24.6 Å². The molecular formula is C14H21N5O3. The molecule has 1 N–H and O–H groups in total. The lowest BCUT2D eigenvalue weighted by Gasteiger charge is -2.35. The molecule has 2 aliphatic rings. The molecule has 22 heavy (non-hydrogen) atoms. The Balaban J connectivity index is 1.50. The highest BCUT2D eigenvalue weighted by molar-refractivity contribution is 5.75. The van der Waals surface area contributed by atoms with Crippen LogP contribution in [-0.4, -0.2) is 79.5 Å². The van der Waals surface area contributed by atoms with Crippen LogP contribution >= 0.6 is 0 Å². The van der Waals surface area contributed by atoms with Crippen LogP contribution in [0.25, 0.3) is 0 Å². The van der Waals surface area contributed by atoms with Gasteiger partial charge in [0.1, 0.15) is 6.10 Å². The molecule has 1 aromatic rings. The van der Waals surface area contributed by atoms with Crippen LogP contribution in [0.3, 0.4) is 0 Å². The standard InChI is InChI=1S/C14H21N5O3/c1-21-12-10-22-9-11(12)17-14(20)19-7-5-18(6-8-19)13-15-3-2-4-16-13/h2-4,11-12H,5-10H2,1H3,(H,17,20)/t11-,12-/m0/s1. The second-order valence-corrected chi connectivity index (χ2v) is 5.39.